The third-order valence-corrected chi connectivity index (χ3v) is 2.93. The van der Waals surface area contributed by atoms with E-state index in [2.05, 4.69) is 0 Å². The molecule has 2 rings (SSSR count). The molecule has 1 fully saturated rings. The van der Waals surface area contributed by atoms with Crippen LogP contribution in [0.2, 0.25) is 0 Å². The molecule has 1 aromatic rings. The van der Waals surface area contributed by atoms with Crippen LogP contribution in [-0.4, -0.2) is 19.8 Å². The van der Waals surface area contributed by atoms with Gasteiger partial charge in [0.05, 0.1) is 19.3 Å². The van der Waals surface area contributed by atoms with Crippen molar-refractivity contribution in [2.45, 2.75) is 25.0 Å². The molecule has 1 saturated heterocycles. The molecule has 0 aliphatic carbocycles. The smallest absolute Gasteiger partial charge is 0.165 e. The van der Waals surface area contributed by atoms with E-state index in [1.807, 2.05) is 0 Å². The van der Waals surface area contributed by atoms with Crippen molar-refractivity contribution in [3.63, 3.8) is 0 Å². The molecule has 1 aromatic carbocycles. The first-order valence-electron chi connectivity index (χ1n) is 5.43. The first kappa shape index (κ1) is 11.4. The second kappa shape index (κ2) is 4.80. The second-order valence-electron chi connectivity index (χ2n) is 3.97. The third kappa shape index (κ3) is 2.18. The van der Waals surface area contributed by atoms with Crippen LogP contribution in [-0.2, 0) is 4.74 Å². The van der Waals surface area contributed by atoms with Gasteiger partial charge in [0.1, 0.15) is 0 Å². The van der Waals surface area contributed by atoms with Gasteiger partial charge in [-0.25, -0.2) is 4.39 Å². The lowest BCUT2D eigenvalue weighted by atomic mass is 10.00. The Kier molecular flexibility index (Phi) is 3.41. The van der Waals surface area contributed by atoms with Crippen molar-refractivity contribution in [1.82, 2.24) is 0 Å². The maximum absolute atomic E-state index is 13.5. The van der Waals surface area contributed by atoms with Crippen molar-refractivity contribution >= 4 is 0 Å². The highest BCUT2D eigenvalue weighted by molar-refractivity contribution is 5.31. The van der Waals surface area contributed by atoms with Gasteiger partial charge in [-0.05, 0) is 30.5 Å². The van der Waals surface area contributed by atoms with Crippen LogP contribution in [0.1, 0.15) is 24.4 Å². The topological polar surface area (TPSA) is 44.5 Å². The van der Waals surface area contributed by atoms with E-state index >= 15 is 0 Å². The fraction of sp³-hybridized carbons (Fsp3) is 0.500. The van der Waals surface area contributed by atoms with Gasteiger partial charge < -0.3 is 15.2 Å². The van der Waals surface area contributed by atoms with Crippen LogP contribution in [0.15, 0.2) is 18.2 Å². The number of nitrogens with two attached hydrogens (primary N) is 1. The zero-order valence-electron chi connectivity index (χ0n) is 9.28. The summed E-state index contributed by atoms with van der Waals surface area (Å²) >= 11 is 0. The average molecular weight is 225 g/mol. The minimum absolute atomic E-state index is 0.00722. The molecule has 0 bridgehead atoms. The molecule has 0 amide bonds. The van der Waals surface area contributed by atoms with Crippen LogP contribution in [0, 0.1) is 5.82 Å². The predicted octanol–water partition coefficient (Wildman–Crippen LogP) is 2.01. The quantitative estimate of drug-likeness (QED) is 0.855. The molecule has 0 saturated carbocycles. The number of halogens is 1. The Hall–Kier alpha value is -1.13. The van der Waals surface area contributed by atoms with Gasteiger partial charge >= 0.3 is 0 Å². The first-order valence-corrected chi connectivity index (χ1v) is 5.43. The predicted molar refractivity (Wildman–Crippen MR) is 58.9 cm³/mol. The summed E-state index contributed by atoms with van der Waals surface area (Å²) in [5, 5.41) is 0. The van der Waals surface area contributed by atoms with Crippen LogP contribution in [0.25, 0.3) is 0 Å². The Morgan fingerprint density at radius 1 is 1.56 bits per heavy atom. The maximum Gasteiger partial charge on any atom is 0.165 e. The van der Waals surface area contributed by atoms with E-state index in [1.54, 1.807) is 12.1 Å². The fourth-order valence-electron chi connectivity index (χ4n) is 1.99. The summed E-state index contributed by atoms with van der Waals surface area (Å²) in [5.41, 5.74) is 6.78. The van der Waals surface area contributed by atoms with Gasteiger partial charge in [0, 0.05) is 6.61 Å². The monoisotopic (exact) mass is 225 g/mol. The van der Waals surface area contributed by atoms with Gasteiger partial charge in [0.15, 0.2) is 11.6 Å². The SMILES string of the molecule is COc1ccc(C(N)C2CCCO2)cc1F. The Morgan fingerprint density at radius 2 is 2.38 bits per heavy atom. The number of methoxy groups -OCH3 is 1. The maximum atomic E-state index is 13.5. The van der Waals surface area contributed by atoms with E-state index in [0.717, 1.165) is 25.0 Å². The normalized spacial score (nSPS) is 22.1. The largest absolute Gasteiger partial charge is 0.494 e. The van der Waals surface area contributed by atoms with Crippen molar-refractivity contribution in [2.24, 2.45) is 5.73 Å². The van der Waals surface area contributed by atoms with Crippen LogP contribution in [0.3, 0.4) is 0 Å². The van der Waals surface area contributed by atoms with E-state index < -0.39 is 0 Å². The molecule has 2 unspecified atom stereocenters. The van der Waals surface area contributed by atoms with E-state index in [-0.39, 0.29) is 23.7 Å². The minimum atomic E-state index is -0.381. The number of ether oxygens (including phenoxy) is 2. The van der Waals surface area contributed by atoms with Crippen LogP contribution in [0.4, 0.5) is 4.39 Å². The second-order valence-corrected chi connectivity index (χ2v) is 3.97. The number of hydrogen-bond donors (Lipinski definition) is 1. The van der Waals surface area contributed by atoms with Gasteiger partial charge in [0.25, 0.3) is 0 Å². The molecule has 2 atom stereocenters. The highest BCUT2D eigenvalue weighted by atomic mass is 19.1. The Morgan fingerprint density at radius 3 is 2.94 bits per heavy atom. The van der Waals surface area contributed by atoms with Crippen molar-refractivity contribution in [3.05, 3.63) is 29.6 Å². The van der Waals surface area contributed by atoms with Gasteiger partial charge in [0.2, 0.25) is 0 Å². The summed E-state index contributed by atoms with van der Waals surface area (Å²) in [6.07, 6.45) is 1.97. The number of benzene rings is 1. The van der Waals surface area contributed by atoms with Crippen LogP contribution >= 0.6 is 0 Å². The van der Waals surface area contributed by atoms with Gasteiger partial charge in [-0.3, -0.25) is 0 Å². The number of hydrogen-bond acceptors (Lipinski definition) is 3. The molecule has 0 radical (unpaired) electrons. The van der Waals surface area contributed by atoms with Gasteiger partial charge in [-0.2, -0.15) is 0 Å². The molecular weight excluding hydrogens is 209 g/mol. The lowest BCUT2D eigenvalue weighted by Crippen LogP contribution is -2.25. The highest BCUT2D eigenvalue weighted by Crippen LogP contribution is 2.27. The fourth-order valence-corrected chi connectivity index (χ4v) is 1.99. The number of rotatable bonds is 3. The average Bonchev–Trinajstić information content (AvgIpc) is 2.81. The lowest BCUT2D eigenvalue weighted by molar-refractivity contribution is 0.0899. The third-order valence-electron chi connectivity index (χ3n) is 2.93. The molecule has 16 heavy (non-hydrogen) atoms. The van der Waals surface area contributed by atoms with Gasteiger partial charge in [-0.15, -0.1) is 0 Å². The van der Waals surface area contributed by atoms with E-state index in [4.69, 9.17) is 15.2 Å². The molecule has 3 nitrogen and oxygen atoms in total. The van der Waals surface area contributed by atoms with Crippen LogP contribution in [0.5, 0.6) is 5.75 Å². The molecule has 4 heteroatoms. The molecular formula is C12H16FNO2. The summed E-state index contributed by atoms with van der Waals surface area (Å²) in [7, 11) is 1.44. The lowest BCUT2D eigenvalue weighted by Gasteiger charge is -2.19. The van der Waals surface area contributed by atoms with Crippen molar-refractivity contribution in [1.29, 1.82) is 0 Å². The van der Waals surface area contributed by atoms with Gasteiger partial charge in [-0.1, -0.05) is 6.07 Å². The first-order chi connectivity index (χ1) is 7.72. The highest BCUT2D eigenvalue weighted by Gasteiger charge is 2.24. The Bertz CT molecular complexity index is 364. The van der Waals surface area contributed by atoms with E-state index in [1.165, 1.54) is 13.2 Å². The molecule has 2 N–H and O–H groups in total. The molecule has 0 spiro atoms. The molecule has 1 aliphatic rings. The van der Waals surface area contributed by atoms with E-state index in [9.17, 15) is 4.39 Å². The summed E-state index contributed by atoms with van der Waals surface area (Å²) in [5.74, 6) is -0.142. The summed E-state index contributed by atoms with van der Waals surface area (Å²) < 4.78 is 23.8. The molecule has 88 valence electrons. The minimum Gasteiger partial charge on any atom is -0.494 e. The summed E-state index contributed by atoms with van der Waals surface area (Å²) in [6, 6.07) is 4.54. The summed E-state index contributed by atoms with van der Waals surface area (Å²) in [4.78, 5) is 0. The molecule has 0 aromatic heterocycles. The van der Waals surface area contributed by atoms with Crippen molar-refractivity contribution < 1.29 is 13.9 Å². The molecule has 1 heterocycles. The van der Waals surface area contributed by atoms with E-state index in [0.29, 0.717) is 0 Å². The zero-order valence-corrected chi connectivity index (χ0v) is 9.28. The Balaban J connectivity index is 2.16. The van der Waals surface area contributed by atoms with Crippen molar-refractivity contribution in [2.75, 3.05) is 13.7 Å². The molecule has 1 aliphatic heterocycles. The summed E-state index contributed by atoms with van der Waals surface area (Å²) in [6.45, 7) is 0.747. The van der Waals surface area contributed by atoms with Crippen LogP contribution < -0.4 is 10.5 Å². The zero-order chi connectivity index (χ0) is 11.5. The Labute approximate surface area is 94.3 Å². The standard InChI is InChI=1S/C12H16FNO2/c1-15-10-5-4-8(7-9(10)13)12(14)11-3-2-6-16-11/h4-5,7,11-12H,2-3,6,14H2,1H3. The van der Waals surface area contributed by atoms with Crippen molar-refractivity contribution in [3.8, 4) is 5.75 Å².